The maximum Gasteiger partial charge on any atom is 0.286 e. The van der Waals surface area contributed by atoms with Crippen molar-refractivity contribution >= 4 is 27.7 Å². The van der Waals surface area contributed by atoms with Gasteiger partial charge in [-0.05, 0) is 47.1 Å². The number of nitrogens with one attached hydrogen (secondary N) is 2. The number of benzene rings is 1. The molecule has 2 aromatic rings. The third-order valence-electron chi connectivity index (χ3n) is 3.22. The summed E-state index contributed by atoms with van der Waals surface area (Å²) in [5, 5.41) is 0. The van der Waals surface area contributed by atoms with Crippen LogP contribution in [0, 0.1) is 0 Å². The van der Waals surface area contributed by atoms with E-state index in [-0.39, 0.29) is 0 Å². The van der Waals surface area contributed by atoms with E-state index in [1.165, 1.54) is 7.11 Å². The minimum atomic E-state index is -0.458. The largest absolute Gasteiger partial charge is 0.493 e. The van der Waals surface area contributed by atoms with Gasteiger partial charge in [0.2, 0.25) is 0 Å². The Balaban J connectivity index is 2.05. The summed E-state index contributed by atoms with van der Waals surface area (Å²) < 4.78 is 13.0. The van der Waals surface area contributed by atoms with Crippen molar-refractivity contribution in [1.29, 1.82) is 0 Å². The summed E-state index contributed by atoms with van der Waals surface area (Å²) in [4.78, 5) is 24.3. The highest BCUT2D eigenvalue weighted by Gasteiger charge is 2.14. The van der Waals surface area contributed by atoms with Gasteiger partial charge in [0.1, 0.15) is 5.69 Å². The number of amides is 2. The van der Waals surface area contributed by atoms with Crippen molar-refractivity contribution in [3.05, 3.63) is 46.2 Å². The average Bonchev–Trinajstić information content (AvgIpc) is 2.91. The molecule has 1 heterocycles. The number of aryl methyl sites for hydroxylation is 1. The number of aromatic nitrogens is 1. The summed E-state index contributed by atoms with van der Waals surface area (Å²) in [6, 6.07) is 6.43. The second kappa shape index (κ2) is 7.87. The molecular weight excluding hydrogens is 378 g/mol. The van der Waals surface area contributed by atoms with Crippen LogP contribution in [0.4, 0.5) is 0 Å². The van der Waals surface area contributed by atoms with E-state index >= 15 is 0 Å². The SMILES string of the molecule is CCOc1cc(C(=O)NNC(=O)c2cc(Br)cn2C)ccc1OC. The topological polar surface area (TPSA) is 81.6 Å². The van der Waals surface area contributed by atoms with Gasteiger partial charge in [-0.1, -0.05) is 0 Å². The van der Waals surface area contributed by atoms with Gasteiger partial charge in [-0.15, -0.1) is 0 Å². The van der Waals surface area contributed by atoms with Crippen LogP contribution in [0.15, 0.2) is 34.9 Å². The van der Waals surface area contributed by atoms with Crippen molar-refractivity contribution in [2.24, 2.45) is 7.05 Å². The molecule has 2 N–H and O–H groups in total. The molecule has 0 atom stereocenters. The summed E-state index contributed by atoms with van der Waals surface area (Å²) in [7, 11) is 3.26. The standard InChI is InChI=1S/C16H18BrN3O4/c1-4-24-14-7-10(5-6-13(14)23-3)15(21)18-19-16(22)12-8-11(17)9-20(12)2/h5-9H,4H2,1-3H3,(H,18,21)(H,19,22). The van der Waals surface area contributed by atoms with Gasteiger partial charge in [0, 0.05) is 23.3 Å². The number of carbonyl (C=O) groups is 2. The van der Waals surface area contributed by atoms with Crippen molar-refractivity contribution in [1.82, 2.24) is 15.4 Å². The van der Waals surface area contributed by atoms with Crippen LogP contribution in [0.2, 0.25) is 0 Å². The fourth-order valence-corrected chi connectivity index (χ4v) is 2.61. The van der Waals surface area contributed by atoms with E-state index in [2.05, 4.69) is 26.8 Å². The van der Waals surface area contributed by atoms with Crippen LogP contribution < -0.4 is 20.3 Å². The summed E-state index contributed by atoms with van der Waals surface area (Å²) in [6.07, 6.45) is 1.74. The number of hydrogen-bond donors (Lipinski definition) is 2. The Hall–Kier alpha value is -2.48. The van der Waals surface area contributed by atoms with Crippen LogP contribution in [0.1, 0.15) is 27.8 Å². The van der Waals surface area contributed by atoms with Crippen LogP contribution >= 0.6 is 15.9 Å². The van der Waals surface area contributed by atoms with Gasteiger partial charge in [0.15, 0.2) is 11.5 Å². The highest BCUT2D eigenvalue weighted by Crippen LogP contribution is 2.27. The lowest BCUT2D eigenvalue weighted by molar-refractivity contribution is 0.0842. The summed E-state index contributed by atoms with van der Waals surface area (Å²) in [5.41, 5.74) is 5.51. The summed E-state index contributed by atoms with van der Waals surface area (Å²) in [5.74, 6) is 0.117. The highest BCUT2D eigenvalue weighted by atomic mass is 79.9. The zero-order valence-corrected chi connectivity index (χ0v) is 15.1. The van der Waals surface area contributed by atoms with Gasteiger partial charge < -0.3 is 14.0 Å². The lowest BCUT2D eigenvalue weighted by atomic mass is 10.2. The highest BCUT2D eigenvalue weighted by molar-refractivity contribution is 9.10. The van der Waals surface area contributed by atoms with Gasteiger partial charge in [-0.25, -0.2) is 0 Å². The monoisotopic (exact) mass is 395 g/mol. The van der Waals surface area contributed by atoms with E-state index in [0.29, 0.717) is 29.4 Å². The van der Waals surface area contributed by atoms with Crippen LogP contribution in [-0.2, 0) is 7.05 Å². The molecule has 1 aromatic heterocycles. The molecule has 0 saturated heterocycles. The van der Waals surface area contributed by atoms with Crippen molar-refractivity contribution in [3.63, 3.8) is 0 Å². The Kier molecular flexibility index (Phi) is 5.86. The minimum absolute atomic E-state index is 0.340. The first kappa shape index (κ1) is 17.9. The van der Waals surface area contributed by atoms with Crippen molar-refractivity contribution < 1.29 is 19.1 Å². The number of methoxy groups -OCH3 is 1. The molecule has 0 aliphatic rings. The molecule has 0 radical (unpaired) electrons. The summed E-state index contributed by atoms with van der Waals surface area (Å²) >= 11 is 3.29. The molecule has 24 heavy (non-hydrogen) atoms. The lowest BCUT2D eigenvalue weighted by Gasteiger charge is -2.12. The third kappa shape index (κ3) is 4.08. The van der Waals surface area contributed by atoms with Gasteiger partial charge in [0.25, 0.3) is 11.8 Å². The average molecular weight is 396 g/mol. The van der Waals surface area contributed by atoms with Gasteiger partial charge in [0.05, 0.1) is 13.7 Å². The second-order valence-electron chi connectivity index (χ2n) is 4.86. The molecule has 128 valence electrons. The molecule has 8 heteroatoms. The number of hydrazine groups is 1. The molecule has 0 spiro atoms. The van der Waals surface area contributed by atoms with Crippen molar-refractivity contribution in [2.75, 3.05) is 13.7 Å². The molecule has 7 nitrogen and oxygen atoms in total. The fraction of sp³-hybridized carbons (Fsp3) is 0.250. The molecule has 0 unspecified atom stereocenters. The smallest absolute Gasteiger partial charge is 0.286 e. The first-order valence-corrected chi connectivity index (χ1v) is 7.99. The quantitative estimate of drug-likeness (QED) is 0.760. The fourth-order valence-electron chi connectivity index (χ4n) is 2.09. The number of halogens is 1. The number of ether oxygens (including phenoxy) is 2. The molecule has 0 aliphatic heterocycles. The molecule has 0 fully saturated rings. The Morgan fingerprint density at radius 1 is 1.17 bits per heavy atom. The molecule has 0 bridgehead atoms. The van der Waals surface area contributed by atoms with Gasteiger partial charge >= 0.3 is 0 Å². The molecule has 0 aliphatic carbocycles. The Bertz CT molecular complexity index is 758. The summed E-state index contributed by atoms with van der Waals surface area (Å²) in [6.45, 7) is 2.28. The van der Waals surface area contributed by atoms with E-state index in [0.717, 1.165) is 4.47 Å². The second-order valence-corrected chi connectivity index (χ2v) is 5.78. The molecule has 2 rings (SSSR count). The Labute approximate surface area is 148 Å². The van der Waals surface area contributed by atoms with Crippen LogP contribution in [0.3, 0.4) is 0 Å². The zero-order chi connectivity index (χ0) is 17.7. The number of hydrogen-bond acceptors (Lipinski definition) is 4. The molecule has 2 amide bonds. The van der Waals surface area contributed by atoms with E-state index < -0.39 is 11.8 Å². The minimum Gasteiger partial charge on any atom is -0.493 e. The molecule has 1 aromatic carbocycles. The van der Waals surface area contributed by atoms with Crippen molar-refractivity contribution in [3.8, 4) is 11.5 Å². The van der Waals surface area contributed by atoms with Crippen LogP contribution in [0.5, 0.6) is 11.5 Å². The van der Waals surface area contributed by atoms with Gasteiger partial charge in [-0.2, -0.15) is 0 Å². The molecule has 0 saturated carbocycles. The Morgan fingerprint density at radius 3 is 2.46 bits per heavy atom. The van der Waals surface area contributed by atoms with E-state index in [9.17, 15) is 9.59 Å². The number of nitrogens with zero attached hydrogens (tertiary/aromatic N) is 1. The van der Waals surface area contributed by atoms with Crippen molar-refractivity contribution in [2.45, 2.75) is 6.92 Å². The first-order chi connectivity index (χ1) is 11.5. The Morgan fingerprint density at radius 2 is 1.88 bits per heavy atom. The van der Waals surface area contributed by atoms with E-state index in [1.807, 2.05) is 6.92 Å². The number of rotatable bonds is 5. The zero-order valence-electron chi connectivity index (χ0n) is 13.6. The predicted molar refractivity (Wildman–Crippen MR) is 92.2 cm³/mol. The lowest BCUT2D eigenvalue weighted by Crippen LogP contribution is -2.42. The van der Waals surface area contributed by atoms with Crippen LogP contribution in [-0.4, -0.2) is 30.1 Å². The van der Waals surface area contributed by atoms with E-state index in [4.69, 9.17) is 9.47 Å². The molecular formula is C16H18BrN3O4. The van der Waals surface area contributed by atoms with Crippen LogP contribution in [0.25, 0.3) is 0 Å². The third-order valence-corrected chi connectivity index (χ3v) is 3.65. The first-order valence-electron chi connectivity index (χ1n) is 7.19. The normalized spacial score (nSPS) is 10.2. The predicted octanol–water partition coefficient (Wildman–Crippen LogP) is 2.27. The maximum absolute atomic E-state index is 12.2. The van der Waals surface area contributed by atoms with E-state index in [1.54, 1.807) is 42.1 Å². The van der Waals surface area contributed by atoms with Gasteiger partial charge in [-0.3, -0.25) is 20.4 Å². The maximum atomic E-state index is 12.2. The number of carbonyl (C=O) groups excluding carboxylic acids is 2.